The summed E-state index contributed by atoms with van der Waals surface area (Å²) in [6.45, 7) is 0. The Morgan fingerprint density at radius 2 is 2.00 bits per heavy atom. The number of nitrogens with zero attached hydrogens (tertiary/aromatic N) is 2. The van der Waals surface area contributed by atoms with Gasteiger partial charge in [0.15, 0.2) is 0 Å². The number of aryl methyl sites for hydroxylation is 1. The summed E-state index contributed by atoms with van der Waals surface area (Å²) in [5, 5.41) is 7.08. The highest BCUT2D eigenvalue weighted by molar-refractivity contribution is 5.92. The molecule has 0 spiro atoms. The normalized spacial score (nSPS) is 16.1. The minimum atomic E-state index is -0.413. The van der Waals surface area contributed by atoms with E-state index in [-0.39, 0.29) is 17.6 Å². The van der Waals surface area contributed by atoms with Crippen LogP contribution in [-0.4, -0.2) is 15.7 Å². The molecule has 0 saturated carbocycles. The molecule has 1 aliphatic carbocycles. The molecule has 0 radical (unpaired) electrons. The highest BCUT2D eigenvalue weighted by atomic mass is 19.1. The van der Waals surface area contributed by atoms with E-state index in [1.54, 1.807) is 6.26 Å². The van der Waals surface area contributed by atoms with Crippen LogP contribution in [0.5, 0.6) is 0 Å². The largest absolute Gasteiger partial charge is 0.469 e. The van der Waals surface area contributed by atoms with Crippen LogP contribution in [0.1, 0.15) is 40.7 Å². The molecule has 0 aliphatic heterocycles. The topological polar surface area (TPSA) is 77.1 Å². The Balaban J connectivity index is 1.61. The number of rotatable bonds is 3. The van der Waals surface area contributed by atoms with Gasteiger partial charge in [-0.15, -0.1) is 0 Å². The molecule has 2 aromatic heterocycles. The summed E-state index contributed by atoms with van der Waals surface area (Å²) in [4.78, 5) is 24.7. The summed E-state index contributed by atoms with van der Waals surface area (Å²) in [6.07, 6.45) is 4.23. The first-order chi connectivity index (χ1) is 12.6. The number of furan rings is 1. The lowest BCUT2D eigenvalue weighted by Crippen LogP contribution is -2.33. The number of amides is 1. The summed E-state index contributed by atoms with van der Waals surface area (Å²) < 4.78 is 19.6. The third-order valence-corrected chi connectivity index (χ3v) is 4.46. The molecule has 4 rings (SSSR count). The fourth-order valence-corrected chi connectivity index (χ4v) is 3.17. The van der Waals surface area contributed by atoms with Crippen LogP contribution in [-0.2, 0) is 6.42 Å². The van der Waals surface area contributed by atoms with Crippen molar-refractivity contribution in [1.82, 2.24) is 15.1 Å². The van der Waals surface area contributed by atoms with E-state index in [1.807, 2.05) is 6.07 Å². The van der Waals surface area contributed by atoms with E-state index in [4.69, 9.17) is 4.42 Å². The van der Waals surface area contributed by atoms with E-state index in [2.05, 4.69) is 10.4 Å². The highest BCUT2D eigenvalue weighted by Gasteiger charge is 2.25. The molecule has 0 fully saturated rings. The van der Waals surface area contributed by atoms with E-state index in [0.717, 1.165) is 35.3 Å². The summed E-state index contributed by atoms with van der Waals surface area (Å²) in [7, 11) is 0. The van der Waals surface area contributed by atoms with Gasteiger partial charge in [0, 0.05) is 18.1 Å². The molecule has 0 bridgehead atoms. The van der Waals surface area contributed by atoms with Crippen LogP contribution in [0, 0.1) is 5.82 Å². The third-order valence-electron chi connectivity index (χ3n) is 4.46. The molecule has 1 amide bonds. The van der Waals surface area contributed by atoms with Crippen molar-refractivity contribution < 1.29 is 13.6 Å². The highest BCUT2D eigenvalue weighted by Crippen LogP contribution is 2.30. The van der Waals surface area contributed by atoms with Crippen molar-refractivity contribution in [1.29, 1.82) is 0 Å². The predicted molar refractivity (Wildman–Crippen MR) is 91.6 cm³/mol. The summed E-state index contributed by atoms with van der Waals surface area (Å²) in [5.41, 5.74) is 1.09. The predicted octanol–water partition coefficient (Wildman–Crippen LogP) is 2.77. The Bertz CT molecular complexity index is 1010. The molecule has 1 unspecified atom stereocenters. The lowest BCUT2D eigenvalue weighted by Gasteiger charge is -2.22. The van der Waals surface area contributed by atoms with Gasteiger partial charge in [-0.3, -0.25) is 9.59 Å². The number of nitrogens with one attached hydrogen (secondary N) is 1. The van der Waals surface area contributed by atoms with Gasteiger partial charge in [0.1, 0.15) is 17.3 Å². The molecule has 7 heteroatoms. The summed E-state index contributed by atoms with van der Waals surface area (Å²) in [5.74, 6) is 0.106. The van der Waals surface area contributed by atoms with E-state index >= 15 is 0 Å². The average Bonchev–Trinajstić information content (AvgIpc) is 3.13. The number of halogens is 1. The fourth-order valence-electron chi connectivity index (χ4n) is 3.17. The van der Waals surface area contributed by atoms with Crippen LogP contribution in [0.15, 0.2) is 57.9 Å². The number of aromatic nitrogens is 2. The van der Waals surface area contributed by atoms with E-state index < -0.39 is 11.4 Å². The van der Waals surface area contributed by atoms with Crippen molar-refractivity contribution in [3.8, 4) is 5.69 Å². The monoisotopic (exact) mass is 353 g/mol. The minimum absolute atomic E-state index is 0.115. The Labute approximate surface area is 148 Å². The Morgan fingerprint density at radius 1 is 1.19 bits per heavy atom. The van der Waals surface area contributed by atoms with Crippen molar-refractivity contribution in [2.45, 2.75) is 25.3 Å². The first-order valence-corrected chi connectivity index (χ1v) is 8.35. The number of fused-ring (bicyclic) bond motifs is 1. The van der Waals surface area contributed by atoms with Gasteiger partial charge < -0.3 is 9.73 Å². The first-order valence-electron chi connectivity index (χ1n) is 8.35. The molecule has 1 aliphatic rings. The molecular formula is C19H16FN3O3. The van der Waals surface area contributed by atoms with Gasteiger partial charge in [0.05, 0.1) is 18.0 Å². The maximum atomic E-state index is 13.1. The van der Waals surface area contributed by atoms with Crippen molar-refractivity contribution in [2.24, 2.45) is 0 Å². The van der Waals surface area contributed by atoms with Crippen LogP contribution < -0.4 is 10.9 Å². The number of benzene rings is 1. The van der Waals surface area contributed by atoms with Gasteiger partial charge in [-0.2, -0.15) is 9.78 Å². The number of hydrogen-bond donors (Lipinski definition) is 1. The van der Waals surface area contributed by atoms with Gasteiger partial charge in [-0.25, -0.2) is 4.39 Å². The Morgan fingerprint density at radius 3 is 2.81 bits per heavy atom. The van der Waals surface area contributed by atoms with Crippen molar-refractivity contribution in [3.05, 3.63) is 81.9 Å². The lowest BCUT2D eigenvalue weighted by molar-refractivity contribution is 0.0925. The van der Waals surface area contributed by atoms with Crippen molar-refractivity contribution in [2.75, 3.05) is 0 Å². The van der Waals surface area contributed by atoms with E-state index in [9.17, 15) is 14.0 Å². The van der Waals surface area contributed by atoms with Gasteiger partial charge >= 0.3 is 0 Å². The maximum Gasteiger partial charge on any atom is 0.272 e. The summed E-state index contributed by atoms with van der Waals surface area (Å²) in [6, 6.07) is 9.72. The van der Waals surface area contributed by atoms with Crippen molar-refractivity contribution in [3.63, 3.8) is 0 Å². The third kappa shape index (κ3) is 3.03. The average molecular weight is 353 g/mol. The molecule has 1 N–H and O–H groups in total. The number of carbonyl (C=O) groups is 1. The van der Waals surface area contributed by atoms with Crippen LogP contribution in [0.4, 0.5) is 4.39 Å². The first kappa shape index (κ1) is 16.3. The quantitative estimate of drug-likeness (QED) is 0.785. The lowest BCUT2D eigenvalue weighted by atomic mass is 9.93. The fraction of sp³-hybridized carbons (Fsp3) is 0.211. The molecule has 0 saturated heterocycles. The SMILES string of the molecule is O=C(NC1CCCc2occc21)c1ccc(=O)n(-c2ccc(F)cc2)n1. The standard InChI is InChI=1S/C19H16FN3O3/c20-12-4-6-13(7-5-12)23-18(24)9-8-16(22-23)19(25)21-15-2-1-3-17-14(15)10-11-26-17/h4-11,15H,1-3H2,(H,21,25). The smallest absolute Gasteiger partial charge is 0.272 e. The summed E-state index contributed by atoms with van der Waals surface area (Å²) >= 11 is 0. The molecule has 1 aromatic carbocycles. The zero-order valence-corrected chi connectivity index (χ0v) is 13.8. The minimum Gasteiger partial charge on any atom is -0.469 e. The second-order valence-corrected chi connectivity index (χ2v) is 6.16. The van der Waals surface area contributed by atoms with Gasteiger partial charge in [0.2, 0.25) is 0 Å². The molecule has 3 aromatic rings. The second-order valence-electron chi connectivity index (χ2n) is 6.16. The van der Waals surface area contributed by atoms with E-state index in [1.165, 1.54) is 36.4 Å². The molecule has 132 valence electrons. The van der Waals surface area contributed by atoms with Gasteiger partial charge in [-0.1, -0.05) is 0 Å². The molecule has 6 nitrogen and oxygen atoms in total. The molecule has 1 atom stereocenters. The second kappa shape index (κ2) is 6.59. The number of hydrogen-bond acceptors (Lipinski definition) is 4. The molecular weight excluding hydrogens is 337 g/mol. The van der Waals surface area contributed by atoms with Crippen LogP contribution in [0.2, 0.25) is 0 Å². The molecule has 2 heterocycles. The van der Waals surface area contributed by atoms with Crippen molar-refractivity contribution >= 4 is 5.91 Å². The van der Waals surface area contributed by atoms with Crippen LogP contribution in [0.25, 0.3) is 5.69 Å². The van der Waals surface area contributed by atoms with Gasteiger partial charge in [-0.05, 0) is 49.2 Å². The zero-order chi connectivity index (χ0) is 18.1. The van der Waals surface area contributed by atoms with Crippen LogP contribution in [0.3, 0.4) is 0 Å². The maximum absolute atomic E-state index is 13.1. The Kier molecular flexibility index (Phi) is 4.12. The van der Waals surface area contributed by atoms with Crippen LogP contribution >= 0.6 is 0 Å². The Hall–Kier alpha value is -3.22. The van der Waals surface area contributed by atoms with E-state index in [0.29, 0.717) is 5.69 Å². The number of carbonyl (C=O) groups excluding carboxylic acids is 1. The molecule has 26 heavy (non-hydrogen) atoms. The zero-order valence-electron chi connectivity index (χ0n) is 13.8. The van der Waals surface area contributed by atoms with Gasteiger partial charge in [0.25, 0.3) is 11.5 Å².